The SMILES string of the molecule is Cc1ccc(C(=O)OCc2cc(F)ccc2C)cc1N. The van der Waals surface area contributed by atoms with Crippen molar-refractivity contribution in [3.63, 3.8) is 0 Å². The van der Waals surface area contributed by atoms with Gasteiger partial charge >= 0.3 is 5.97 Å². The minimum absolute atomic E-state index is 0.0379. The fourth-order valence-corrected chi connectivity index (χ4v) is 1.79. The van der Waals surface area contributed by atoms with Gasteiger partial charge in [0.1, 0.15) is 12.4 Å². The van der Waals surface area contributed by atoms with Gasteiger partial charge in [0.15, 0.2) is 0 Å². The zero-order chi connectivity index (χ0) is 14.7. The molecular formula is C16H16FNO2. The van der Waals surface area contributed by atoms with Crippen LogP contribution in [0.3, 0.4) is 0 Å². The van der Waals surface area contributed by atoms with Crippen molar-refractivity contribution in [2.24, 2.45) is 0 Å². The highest BCUT2D eigenvalue weighted by atomic mass is 19.1. The third-order valence-corrected chi connectivity index (χ3v) is 3.18. The minimum atomic E-state index is -0.472. The molecule has 0 unspecified atom stereocenters. The highest BCUT2D eigenvalue weighted by molar-refractivity contribution is 5.90. The molecule has 0 aliphatic carbocycles. The Kier molecular flexibility index (Phi) is 4.03. The first-order valence-electron chi connectivity index (χ1n) is 6.25. The van der Waals surface area contributed by atoms with E-state index in [0.29, 0.717) is 16.8 Å². The Morgan fingerprint density at radius 3 is 2.55 bits per heavy atom. The maximum atomic E-state index is 13.1. The van der Waals surface area contributed by atoms with Crippen LogP contribution in [0.25, 0.3) is 0 Å². The Labute approximate surface area is 117 Å². The second-order valence-corrected chi connectivity index (χ2v) is 4.72. The van der Waals surface area contributed by atoms with Crippen molar-refractivity contribution >= 4 is 11.7 Å². The standard InChI is InChI=1S/C16H16FNO2/c1-10-4-6-14(17)7-13(10)9-20-16(19)12-5-3-11(2)15(18)8-12/h3-8H,9,18H2,1-2H3. The highest BCUT2D eigenvalue weighted by Gasteiger charge is 2.10. The summed E-state index contributed by atoms with van der Waals surface area (Å²) in [5, 5.41) is 0. The van der Waals surface area contributed by atoms with Crippen molar-refractivity contribution in [3.05, 3.63) is 64.5 Å². The van der Waals surface area contributed by atoms with E-state index in [9.17, 15) is 9.18 Å². The zero-order valence-corrected chi connectivity index (χ0v) is 11.4. The summed E-state index contributed by atoms with van der Waals surface area (Å²) in [6.07, 6.45) is 0. The first-order chi connectivity index (χ1) is 9.47. The maximum absolute atomic E-state index is 13.1. The average molecular weight is 273 g/mol. The number of hydrogen-bond acceptors (Lipinski definition) is 3. The predicted octanol–water partition coefficient (Wildman–Crippen LogP) is 3.38. The van der Waals surface area contributed by atoms with Crippen molar-refractivity contribution in [2.75, 3.05) is 5.73 Å². The van der Waals surface area contributed by atoms with Crippen LogP contribution in [-0.2, 0) is 11.3 Å². The van der Waals surface area contributed by atoms with Crippen molar-refractivity contribution in [1.82, 2.24) is 0 Å². The molecule has 4 heteroatoms. The summed E-state index contributed by atoms with van der Waals surface area (Å²) in [5.74, 6) is -0.818. The fraction of sp³-hybridized carbons (Fsp3) is 0.188. The van der Waals surface area contributed by atoms with Gasteiger partial charge in [-0.2, -0.15) is 0 Å². The van der Waals surface area contributed by atoms with Gasteiger partial charge in [0.05, 0.1) is 5.56 Å². The van der Waals surface area contributed by atoms with Gasteiger partial charge in [-0.05, 0) is 54.8 Å². The van der Waals surface area contributed by atoms with E-state index >= 15 is 0 Å². The van der Waals surface area contributed by atoms with E-state index in [-0.39, 0.29) is 12.4 Å². The fourth-order valence-electron chi connectivity index (χ4n) is 1.79. The molecule has 0 amide bonds. The van der Waals surface area contributed by atoms with Crippen LogP contribution >= 0.6 is 0 Å². The van der Waals surface area contributed by atoms with Gasteiger partial charge in [0, 0.05) is 5.69 Å². The smallest absolute Gasteiger partial charge is 0.338 e. The Hall–Kier alpha value is -2.36. The first-order valence-corrected chi connectivity index (χ1v) is 6.25. The Bertz CT molecular complexity index is 653. The number of esters is 1. The van der Waals surface area contributed by atoms with Gasteiger partial charge in [-0.25, -0.2) is 9.18 Å². The lowest BCUT2D eigenvalue weighted by molar-refractivity contribution is 0.0472. The first kappa shape index (κ1) is 14.1. The minimum Gasteiger partial charge on any atom is -0.457 e. The summed E-state index contributed by atoms with van der Waals surface area (Å²) in [6.45, 7) is 3.74. The molecular weight excluding hydrogens is 257 g/mol. The molecule has 104 valence electrons. The van der Waals surface area contributed by atoms with Crippen LogP contribution in [0.15, 0.2) is 36.4 Å². The van der Waals surface area contributed by atoms with Crippen LogP contribution in [0.5, 0.6) is 0 Å². The van der Waals surface area contributed by atoms with Crippen LogP contribution in [0, 0.1) is 19.7 Å². The number of halogens is 1. The summed E-state index contributed by atoms with van der Waals surface area (Å²) in [5.41, 5.74) is 9.12. The topological polar surface area (TPSA) is 52.3 Å². The molecule has 2 aromatic carbocycles. The number of anilines is 1. The second kappa shape index (κ2) is 5.74. The number of carbonyl (C=O) groups excluding carboxylic acids is 1. The predicted molar refractivity (Wildman–Crippen MR) is 75.8 cm³/mol. The maximum Gasteiger partial charge on any atom is 0.338 e. The number of nitrogens with two attached hydrogens (primary N) is 1. The number of hydrogen-bond donors (Lipinski definition) is 1. The van der Waals surface area contributed by atoms with E-state index in [1.807, 2.05) is 13.8 Å². The summed E-state index contributed by atoms with van der Waals surface area (Å²) in [4.78, 5) is 11.9. The van der Waals surface area contributed by atoms with E-state index in [4.69, 9.17) is 10.5 Å². The molecule has 20 heavy (non-hydrogen) atoms. The van der Waals surface area contributed by atoms with Gasteiger partial charge in [0.2, 0.25) is 0 Å². The molecule has 0 heterocycles. The summed E-state index contributed by atoms with van der Waals surface area (Å²) in [6, 6.07) is 9.40. The molecule has 0 aromatic heterocycles. The Morgan fingerprint density at radius 2 is 1.85 bits per heavy atom. The Balaban J connectivity index is 2.08. The molecule has 0 fully saturated rings. The normalized spacial score (nSPS) is 10.3. The Morgan fingerprint density at radius 1 is 1.15 bits per heavy atom. The van der Waals surface area contributed by atoms with Crippen LogP contribution in [0.4, 0.5) is 10.1 Å². The molecule has 0 saturated heterocycles. The molecule has 0 aliphatic heterocycles. The van der Waals surface area contributed by atoms with Gasteiger partial charge in [0.25, 0.3) is 0 Å². The van der Waals surface area contributed by atoms with Gasteiger partial charge in [-0.1, -0.05) is 12.1 Å². The largest absolute Gasteiger partial charge is 0.457 e. The molecule has 0 saturated carbocycles. The molecule has 0 bridgehead atoms. The van der Waals surface area contributed by atoms with Gasteiger partial charge in [-0.15, -0.1) is 0 Å². The third-order valence-electron chi connectivity index (χ3n) is 3.18. The van der Waals surface area contributed by atoms with Crippen molar-refractivity contribution < 1.29 is 13.9 Å². The van der Waals surface area contributed by atoms with Crippen LogP contribution in [0.1, 0.15) is 27.0 Å². The zero-order valence-electron chi connectivity index (χ0n) is 11.4. The quantitative estimate of drug-likeness (QED) is 0.689. The van der Waals surface area contributed by atoms with Gasteiger partial charge in [-0.3, -0.25) is 0 Å². The average Bonchev–Trinajstić information content (AvgIpc) is 2.42. The molecule has 2 rings (SSSR count). The lowest BCUT2D eigenvalue weighted by atomic mass is 10.1. The second-order valence-electron chi connectivity index (χ2n) is 4.72. The van der Waals surface area contributed by atoms with E-state index < -0.39 is 5.97 Å². The molecule has 0 atom stereocenters. The van der Waals surface area contributed by atoms with Crippen molar-refractivity contribution in [2.45, 2.75) is 20.5 Å². The monoisotopic (exact) mass is 273 g/mol. The highest BCUT2D eigenvalue weighted by Crippen LogP contribution is 2.16. The summed E-state index contributed by atoms with van der Waals surface area (Å²) in [7, 11) is 0. The molecule has 3 nitrogen and oxygen atoms in total. The van der Waals surface area contributed by atoms with Crippen molar-refractivity contribution in [1.29, 1.82) is 0 Å². The van der Waals surface area contributed by atoms with Crippen LogP contribution in [0.2, 0.25) is 0 Å². The molecule has 0 spiro atoms. The van der Waals surface area contributed by atoms with Crippen LogP contribution in [-0.4, -0.2) is 5.97 Å². The number of nitrogen functional groups attached to an aromatic ring is 1. The number of benzene rings is 2. The third kappa shape index (κ3) is 3.15. The molecule has 0 radical (unpaired) electrons. The summed E-state index contributed by atoms with van der Waals surface area (Å²) >= 11 is 0. The van der Waals surface area contributed by atoms with E-state index in [2.05, 4.69) is 0 Å². The van der Waals surface area contributed by atoms with E-state index in [1.54, 1.807) is 24.3 Å². The number of carbonyl (C=O) groups is 1. The number of rotatable bonds is 3. The van der Waals surface area contributed by atoms with E-state index in [0.717, 1.165) is 11.1 Å². The molecule has 2 N–H and O–H groups in total. The molecule has 0 aliphatic rings. The lowest BCUT2D eigenvalue weighted by Crippen LogP contribution is -2.07. The number of aryl methyl sites for hydroxylation is 2. The van der Waals surface area contributed by atoms with Gasteiger partial charge < -0.3 is 10.5 Å². The number of ether oxygens (including phenoxy) is 1. The van der Waals surface area contributed by atoms with Crippen LogP contribution < -0.4 is 5.73 Å². The lowest BCUT2D eigenvalue weighted by Gasteiger charge is -2.09. The van der Waals surface area contributed by atoms with Crippen molar-refractivity contribution in [3.8, 4) is 0 Å². The summed E-state index contributed by atoms with van der Waals surface area (Å²) < 4.78 is 18.3. The molecule has 2 aromatic rings. The van der Waals surface area contributed by atoms with E-state index in [1.165, 1.54) is 12.1 Å².